The fraction of sp³-hybridized carbons (Fsp3) is 0.316. The molecule has 0 aliphatic rings. The van der Waals surface area contributed by atoms with Gasteiger partial charge in [-0.1, -0.05) is 38.1 Å². The number of carbonyl (C=O) groups is 2. The summed E-state index contributed by atoms with van der Waals surface area (Å²) < 4.78 is 17.1. The van der Waals surface area contributed by atoms with E-state index >= 15 is 0 Å². The van der Waals surface area contributed by atoms with E-state index in [1.165, 1.54) is 4.90 Å². The van der Waals surface area contributed by atoms with Crippen LogP contribution in [0.25, 0.3) is 0 Å². The molecule has 1 aromatic heterocycles. The Morgan fingerprint density at radius 2 is 1.69 bits per heavy atom. The minimum absolute atomic E-state index is 0.0519. The number of nitrogens with one attached hydrogen (secondary N) is 1. The summed E-state index contributed by atoms with van der Waals surface area (Å²) in [6.45, 7) is 13.4. The number of likely N-dealkylation sites (N-methyl/N-ethyl adjacent to an activating group) is 2. The Labute approximate surface area is 289 Å². The molecule has 1 heterocycles. The summed E-state index contributed by atoms with van der Waals surface area (Å²) in [5, 5.41) is 3.19. The van der Waals surface area contributed by atoms with Crippen molar-refractivity contribution < 1.29 is 23.8 Å². The van der Waals surface area contributed by atoms with Crippen molar-refractivity contribution in [1.82, 2.24) is 19.8 Å². The van der Waals surface area contributed by atoms with Gasteiger partial charge in [-0.3, -0.25) is 9.69 Å². The second-order valence-electron chi connectivity index (χ2n) is 11.4. The molecule has 0 spiro atoms. The van der Waals surface area contributed by atoms with Gasteiger partial charge in [0.15, 0.2) is 0 Å². The predicted octanol–water partition coefficient (Wildman–Crippen LogP) is 6.89. The van der Waals surface area contributed by atoms with E-state index in [0.717, 1.165) is 30.8 Å². The highest BCUT2D eigenvalue weighted by molar-refractivity contribution is 5.94. The third-order valence-corrected chi connectivity index (χ3v) is 8.18. The van der Waals surface area contributed by atoms with E-state index in [1.807, 2.05) is 32.2 Å². The summed E-state index contributed by atoms with van der Waals surface area (Å²) in [6, 6.07) is 19.9. The molecule has 11 nitrogen and oxygen atoms in total. The number of carbonyl (C=O) groups excluding carboxylic acids is 2. The highest BCUT2D eigenvalue weighted by Gasteiger charge is 2.24. The molecule has 4 rings (SSSR count). The number of methoxy groups -OCH3 is 2. The first-order valence-corrected chi connectivity index (χ1v) is 16.3. The number of rotatable bonds is 16. The Balaban J connectivity index is 1.60. The highest BCUT2D eigenvalue weighted by Crippen LogP contribution is 2.30. The number of aryl methyl sites for hydroxylation is 1. The van der Waals surface area contributed by atoms with Crippen molar-refractivity contribution in [2.45, 2.75) is 33.7 Å². The van der Waals surface area contributed by atoms with Gasteiger partial charge >= 0.3 is 6.09 Å². The number of ether oxygens (including phenoxy) is 3. The van der Waals surface area contributed by atoms with Crippen LogP contribution in [0.1, 0.15) is 40.9 Å². The number of benzene rings is 3. The molecule has 3 aromatic carbocycles. The average Bonchev–Trinajstić information content (AvgIpc) is 3.12. The summed E-state index contributed by atoms with van der Waals surface area (Å²) in [5.41, 5.74) is 3.59. The Morgan fingerprint density at radius 3 is 2.37 bits per heavy atom. The summed E-state index contributed by atoms with van der Waals surface area (Å²) in [6.07, 6.45) is 3.23. The zero-order chi connectivity index (χ0) is 35.3. The molecular formula is C38H46N6O5. The largest absolute Gasteiger partial charge is 0.497 e. The number of hydrogen-bond acceptors (Lipinski definition) is 9. The molecule has 49 heavy (non-hydrogen) atoms. The molecule has 11 heteroatoms. The number of allylic oxidation sites excluding steroid dienone is 1. The van der Waals surface area contributed by atoms with Gasteiger partial charge in [-0.25, -0.2) is 9.78 Å². The number of hydrogen-bond donors (Lipinski definition) is 1. The highest BCUT2D eigenvalue weighted by atomic mass is 16.6. The van der Waals surface area contributed by atoms with Gasteiger partial charge in [-0.05, 0) is 86.1 Å². The zero-order valence-electron chi connectivity index (χ0n) is 29.2. The van der Waals surface area contributed by atoms with Crippen LogP contribution in [0.2, 0.25) is 0 Å². The molecule has 2 amide bonds. The lowest BCUT2D eigenvalue weighted by atomic mass is 10.1. The predicted molar refractivity (Wildman–Crippen MR) is 193 cm³/mol. The van der Waals surface area contributed by atoms with Crippen LogP contribution in [0.5, 0.6) is 17.2 Å². The maximum Gasteiger partial charge on any atom is 0.421 e. The van der Waals surface area contributed by atoms with Gasteiger partial charge < -0.3 is 29.3 Å². The van der Waals surface area contributed by atoms with Crippen molar-refractivity contribution in [1.29, 1.82) is 0 Å². The maximum atomic E-state index is 14.0. The molecule has 0 bridgehead atoms. The molecule has 0 radical (unpaired) electrons. The van der Waals surface area contributed by atoms with Gasteiger partial charge in [-0.2, -0.15) is 4.98 Å². The van der Waals surface area contributed by atoms with Gasteiger partial charge in [0.2, 0.25) is 5.95 Å². The van der Waals surface area contributed by atoms with E-state index < -0.39 is 6.09 Å². The quantitative estimate of drug-likeness (QED) is 0.128. The Morgan fingerprint density at radius 1 is 0.939 bits per heavy atom. The second kappa shape index (κ2) is 17.7. The normalized spacial score (nSPS) is 10.8. The third-order valence-electron chi connectivity index (χ3n) is 8.18. The molecule has 0 saturated carbocycles. The lowest BCUT2D eigenvalue weighted by Crippen LogP contribution is -2.36. The van der Waals surface area contributed by atoms with Crippen molar-refractivity contribution in [3.05, 3.63) is 108 Å². The van der Waals surface area contributed by atoms with Crippen molar-refractivity contribution in [3.8, 4) is 17.2 Å². The SMILES string of the molecule is C=CCc1cccc(C)c1OC(=O)N(Cc1cc(OC)ccc1OC)c1ccnc(Nc2ccc(C(=O)N(C)CCN(CC)CC)cc2)n1. The van der Waals surface area contributed by atoms with Crippen molar-refractivity contribution in [3.63, 3.8) is 0 Å². The summed E-state index contributed by atoms with van der Waals surface area (Å²) in [4.78, 5) is 41.5. The van der Waals surface area contributed by atoms with Crippen LogP contribution in [0.4, 0.5) is 22.2 Å². The van der Waals surface area contributed by atoms with Gasteiger partial charge in [0.1, 0.15) is 23.1 Å². The molecule has 0 unspecified atom stereocenters. The maximum absolute atomic E-state index is 14.0. The molecular weight excluding hydrogens is 620 g/mol. The average molecular weight is 667 g/mol. The first kappa shape index (κ1) is 36.4. The molecule has 1 N–H and O–H groups in total. The van der Waals surface area contributed by atoms with Crippen LogP contribution >= 0.6 is 0 Å². The Bertz CT molecular complexity index is 1720. The molecule has 0 atom stereocenters. The van der Waals surface area contributed by atoms with Crippen molar-refractivity contribution >= 4 is 29.5 Å². The number of aromatic nitrogens is 2. The lowest BCUT2D eigenvalue weighted by molar-refractivity contribution is 0.0779. The van der Waals surface area contributed by atoms with Crippen LogP contribution < -0.4 is 24.4 Å². The van der Waals surface area contributed by atoms with Crippen LogP contribution in [0, 0.1) is 6.92 Å². The van der Waals surface area contributed by atoms with E-state index in [9.17, 15) is 9.59 Å². The molecule has 258 valence electrons. The molecule has 0 saturated heterocycles. The standard InChI is InChI=1S/C38H46N6O5/c1-8-12-28-14-11-13-27(4)35(28)49-38(46)44(26-30-25-32(47-6)19-20-33(30)48-7)34-21-22-39-37(41-34)40-31-17-15-29(16-18-31)36(45)42(5)23-24-43(9-2)10-3/h8,11,13-22,25H,1,9-10,12,23-24,26H2,2-7H3,(H,39,40,41). The lowest BCUT2D eigenvalue weighted by Gasteiger charge is -2.24. The van der Waals surface area contributed by atoms with E-state index in [-0.39, 0.29) is 18.4 Å². The van der Waals surface area contributed by atoms with Gasteiger partial charge in [0.05, 0.1) is 20.8 Å². The number of amides is 2. The Kier molecular flexibility index (Phi) is 13.1. The molecule has 4 aromatic rings. The van der Waals surface area contributed by atoms with Gasteiger partial charge in [0.25, 0.3) is 5.91 Å². The van der Waals surface area contributed by atoms with Crippen LogP contribution in [0.3, 0.4) is 0 Å². The first-order valence-electron chi connectivity index (χ1n) is 16.3. The van der Waals surface area contributed by atoms with E-state index in [1.54, 1.807) is 79.9 Å². The summed E-state index contributed by atoms with van der Waals surface area (Å²) in [5.74, 6) is 2.15. The summed E-state index contributed by atoms with van der Waals surface area (Å²) >= 11 is 0. The summed E-state index contributed by atoms with van der Waals surface area (Å²) in [7, 11) is 4.96. The van der Waals surface area contributed by atoms with Crippen molar-refractivity contribution in [2.75, 3.05) is 57.7 Å². The van der Waals surface area contributed by atoms with Crippen LogP contribution in [0.15, 0.2) is 85.6 Å². The van der Waals surface area contributed by atoms with Crippen LogP contribution in [-0.2, 0) is 13.0 Å². The number of nitrogens with zero attached hydrogens (tertiary/aromatic N) is 5. The van der Waals surface area contributed by atoms with Crippen LogP contribution in [-0.4, -0.2) is 79.2 Å². The minimum Gasteiger partial charge on any atom is -0.497 e. The number of para-hydroxylation sites is 1. The fourth-order valence-corrected chi connectivity index (χ4v) is 5.27. The minimum atomic E-state index is -0.637. The Hall–Kier alpha value is -5.42. The number of anilines is 3. The molecule has 0 aliphatic carbocycles. The molecule has 0 aliphatic heterocycles. The van der Waals surface area contributed by atoms with E-state index in [0.29, 0.717) is 52.8 Å². The second-order valence-corrected chi connectivity index (χ2v) is 11.4. The van der Waals surface area contributed by atoms with E-state index in [2.05, 4.69) is 40.6 Å². The first-order chi connectivity index (χ1) is 23.7. The monoisotopic (exact) mass is 666 g/mol. The topological polar surface area (TPSA) is 109 Å². The van der Waals surface area contributed by atoms with Gasteiger partial charge in [0, 0.05) is 43.1 Å². The smallest absolute Gasteiger partial charge is 0.421 e. The van der Waals surface area contributed by atoms with E-state index in [4.69, 9.17) is 14.2 Å². The molecule has 0 fully saturated rings. The fourth-order valence-electron chi connectivity index (χ4n) is 5.27. The van der Waals surface area contributed by atoms with Gasteiger partial charge in [-0.15, -0.1) is 6.58 Å². The van der Waals surface area contributed by atoms with Crippen molar-refractivity contribution in [2.24, 2.45) is 0 Å². The third kappa shape index (κ3) is 9.57. The zero-order valence-corrected chi connectivity index (χ0v) is 29.2.